The SMILES string of the molecule is C[C@@H](O)c1nnc(C2CC(c3c(C(N)=O)noc3-c3ccccc3)C2)s1. The summed E-state index contributed by atoms with van der Waals surface area (Å²) in [5.74, 6) is 0.401. The third-order valence-corrected chi connectivity index (χ3v) is 5.96. The Hall–Kier alpha value is -2.58. The van der Waals surface area contributed by atoms with E-state index in [2.05, 4.69) is 15.4 Å². The molecule has 0 radical (unpaired) electrons. The van der Waals surface area contributed by atoms with E-state index in [1.165, 1.54) is 11.3 Å². The molecule has 1 aromatic carbocycles. The summed E-state index contributed by atoms with van der Waals surface area (Å²) in [4.78, 5) is 11.8. The second-order valence-electron chi connectivity index (χ2n) is 6.52. The second-order valence-corrected chi connectivity index (χ2v) is 7.56. The van der Waals surface area contributed by atoms with Gasteiger partial charge in [0.15, 0.2) is 11.5 Å². The van der Waals surface area contributed by atoms with Crippen LogP contribution in [0, 0.1) is 0 Å². The van der Waals surface area contributed by atoms with Crippen LogP contribution in [0.5, 0.6) is 0 Å². The molecule has 0 spiro atoms. The van der Waals surface area contributed by atoms with Crippen LogP contribution in [-0.2, 0) is 0 Å². The summed E-state index contributed by atoms with van der Waals surface area (Å²) in [6.45, 7) is 1.68. The highest BCUT2D eigenvalue weighted by atomic mass is 32.1. The molecule has 1 atom stereocenters. The molecule has 134 valence electrons. The lowest BCUT2D eigenvalue weighted by Gasteiger charge is -2.33. The molecule has 1 amide bonds. The Balaban J connectivity index is 1.60. The summed E-state index contributed by atoms with van der Waals surface area (Å²) in [6, 6.07) is 9.58. The third kappa shape index (κ3) is 2.91. The number of hydrogen-bond acceptors (Lipinski definition) is 7. The van der Waals surface area contributed by atoms with Crippen molar-refractivity contribution in [3.05, 3.63) is 51.6 Å². The van der Waals surface area contributed by atoms with Gasteiger partial charge >= 0.3 is 0 Å². The van der Waals surface area contributed by atoms with Gasteiger partial charge in [0.1, 0.15) is 16.1 Å². The average Bonchev–Trinajstić information content (AvgIpc) is 3.22. The first-order valence-corrected chi connectivity index (χ1v) is 9.22. The van der Waals surface area contributed by atoms with Gasteiger partial charge in [0.25, 0.3) is 5.91 Å². The Morgan fingerprint density at radius 2 is 2.00 bits per heavy atom. The van der Waals surface area contributed by atoms with E-state index >= 15 is 0 Å². The summed E-state index contributed by atoms with van der Waals surface area (Å²) in [7, 11) is 0. The van der Waals surface area contributed by atoms with Crippen LogP contribution >= 0.6 is 11.3 Å². The van der Waals surface area contributed by atoms with E-state index in [9.17, 15) is 9.90 Å². The van der Waals surface area contributed by atoms with Crippen LogP contribution in [0.25, 0.3) is 11.3 Å². The third-order valence-electron chi connectivity index (χ3n) is 4.71. The minimum Gasteiger partial charge on any atom is -0.386 e. The Bertz CT molecular complexity index is 929. The average molecular weight is 370 g/mol. The van der Waals surface area contributed by atoms with Gasteiger partial charge in [-0.25, -0.2) is 0 Å². The van der Waals surface area contributed by atoms with Crippen molar-refractivity contribution in [2.45, 2.75) is 37.7 Å². The number of benzene rings is 1. The molecule has 0 saturated heterocycles. The van der Waals surface area contributed by atoms with E-state index in [4.69, 9.17) is 10.3 Å². The van der Waals surface area contributed by atoms with Gasteiger partial charge in [0, 0.05) is 17.0 Å². The first kappa shape index (κ1) is 16.9. The topological polar surface area (TPSA) is 115 Å². The summed E-state index contributed by atoms with van der Waals surface area (Å²) in [5, 5.41) is 23.3. The van der Waals surface area contributed by atoms with Gasteiger partial charge in [0.05, 0.1) is 0 Å². The smallest absolute Gasteiger partial charge is 0.271 e. The number of rotatable bonds is 5. The number of amides is 1. The highest BCUT2D eigenvalue weighted by molar-refractivity contribution is 7.11. The number of aliphatic hydroxyl groups excluding tert-OH is 1. The molecule has 0 aliphatic heterocycles. The lowest BCUT2D eigenvalue weighted by Crippen LogP contribution is -2.23. The van der Waals surface area contributed by atoms with Crippen molar-refractivity contribution in [2.24, 2.45) is 5.73 Å². The van der Waals surface area contributed by atoms with Gasteiger partial charge in [-0.2, -0.15) is 0 Å². The van der Waals surface area contributed by atoms with E-state index in [0.717, 1.165) is 29.0 Å². The van der Waals surface area contributed by atoms with E-state index in [0.29, 0.717) is 10.8 Å². The summed E-state index contributed by atoms with van der Waals surface area (Å²) < 4.78 is 5.47. The molecule has 1 saturated carbocycles. The predicted molar refractivity (Wildman–Crippen MR) is 95.7 cm³/mol. The van der Waals surface area contributed by atoms with Crippen molar-refractivity contribution in [3.8, 4) is 11.3 Å². The Labute approximate surface area is 153 Å². The lowest BCUT2D eigenvalue weighted by atomic mass is 9.70. The van der Waals surface area contributed by atoms with Gasteiger partial charge in [0.2, 0.25) is 0 Å². The van der Waals surface area contributed by atoms with E-state index < -0.39 is 12.0 Å². The fourth-order valence-electron chi connectivity index (χ4n) is 3.29. The molecule has 7 nitrogen and oxygen atoms in total. The quantitative estimate of drug-likeness (QED) is 0.713. The van der Waals surface area contributed by atoms with Crippen molar-refractivity contribution in [3.63, 3.8) is 0 Å². The van der Waals surface area contributed by atoms with Crippen LogP contribution in [0.2, 0.25) is 0 Å². The zero-order valence-corrected chi connectivity index (χ0v) is 14.9. The van der Waals surface area contributed by atoms with E-state index in [-0.39, 0.29) is 17.5 Å². The summed E-state index contributed by atoms with van der Waals surface area (Å²) in [6.07, 6.45) is 1.02. The Kier molecular flexibility index (Phi) is 4.29. The fraction of sp³-hybridized carbons (Fsp3) is 0.333. The van der Waals surface area contributed by atoms with Gasteiger partial charge < -0.3 is 15.4 Å². The van der Waals surface area contributed by atoms with Crippen molar-refractivity contribution in [2.75, 3.05) is 0 Å². The molecule has 8 heteroatoms. The molecule has 0 bridgehead atoms. The lowest BCUT2D eigenvalue weighted by molar-refractivity contribution is 0.0989. The normalized spacial score (nSPS) is 20.5. The van der Waals surface area contributed by atoms with Crippen molar-refractivity contribution >= 4 is 17.2 Å². The molecule has 3 aromatic rings. The van der Waals surface area contributed by atoms with Crippen molar-refractivity contribution in [1.82, 2.24) is 15.4 Å². The number of hydrogen-bond donors (Lipinski definition) is 2. The largest absolute Gasteiger partial charge is 0.386 e. The molecule has 2 aromatic heterocycles. The van der Waals surface area contributed by atoms with Crippen molar-refractivity contribution < 1.29 is 14.4 Å². The second kappa shape index (κ2) is 6.62. The highest BCUT2D eigenvalue weighted by Crippen LogP contribution is 2.51. The number of nitrogens with zero attached hydrogens (tertiary/aromatic N) is 3. The Morgan fingerprint density at radius 1 is 1.27 bits per heavy atom. The maximum atomic E-state index is 11.8. The number of aliphatic hydroxyl groups is 1. The number of primary amides is 1. The van der Waals surface area contributed by atoms with Crippen LogP contribution < -0.4 is 5.73 Å². The summed E-state index contributed by atoms with van der Waals surface area (Å²) in [5.41, 5.74) is 7.35. The number of carbonyl (C=O) groups excluding carboxylic acids is 1. The van der Waals surface area contributed by atoms with Crippen LogP contribution in [0.3, 0.4) is 0 Å². The molecule has 3 N–H and O–H groups in total. The maximum absolute atomic E-state index is 11.8. The van der Waals surface area contributed by atoms with Crippen molar-refractivity contribution in [1.29, 1.82) is 0 Å². The number of carbonyl (C=O) groups is 1. The first-order chi connectivity index (χ1) is 12.5. The molecule has 1 aliphatic carbocycles. The molecule has 4 rings (SSSR count). The zero-order valence-electron chi connectivity index (χ0n) is 14.1. The van der Waals surface area contributed by atoms with Crippen LogP contribution in [0.4, 0.5) is 0 Å². The summed E-state index contributed by atoms with van der Waals surface area (Å²) >= 11 is 1.43. The van der Waals surface area contributed by atoms with Gasteiger partial charge in [-0.1, -0.05) is 46.8 Å². The van der Waals surface area contributed by atoms with Crippen LogP contribution in [0.15, 0.2) is 34.9 Å². The van der Waals surface area contributed by atoms with Gasteiger partial charge in [-0.15, -0.1) is 10.2 Å². The maximum Gasteiger partial charge on any atom is 0.271 e. The van der Waals surface area contributed by atoms with Crippen LogP contribution in [-0.4, -0.2) is 26.4 Å². The highest BCUT2D eigenvalue weighted by Gasteiger charge is 2.39. The fourth-order valence-corrected chi connectivity index (χ4v) is 4.19. The molecule has 1 fully saturated rings. The van der Waals surface area contributed by atoms with Gasteiger partial charge in [-0.3, -0.25) is 4.79 Å². The molecular weight excluding hydrogens is 352 g/mol. The molecule has 2 heterocycles. The number of aromatic nitrogens is 3. The van der Waals surface area contributed by atoms with Gasteiger partial charge in [-0.05, 0) is 25.7 Å². The monoisotopic (exact) mass is 370 g/mol. The van der Waals surface area contributed by atoms with E-state index in [1.54, 1.807) is 6.92 Å². The minimum absolute atomic E-state index is 0.128. The van der Waals surface area contributed by atoms with E-state index in [1.807, 2.05) is 30.3 Å². The molecular formula is C18H18N4O3S. The molecule has 0 unspecified atom stereocenters. The first-order valence-electron chi connectivity index (χ1n) is 8.40. The zero-order chi connectivity index (χ0) is 18.3. The number of nitrogens with two attached hydrogens (primary N) is 1. The molecule has 1 aliphatic rings. The van der Waals surface area contributed by atoms with Crippen LogP contribution in [0.1, 0.15) is 63.8 Å². The standard InChI is InChI=1S/C18H18N4O3S/c1-9(23)17-20-21-18(26-17)12-7-11(8-12)13-14(16(19)24)22-25-15(13)10-5-3-2-4-6-10/h2-6,9,11-12,23H,7-8H2,1H3,(H2,19,24)/t9-,11?,12?/m1/s1. The minimum atomic E-state index is -0.610. The molecule has 26 heavy (non-hydrogen) atoms. The predicted octanol–water partition coefficient (Wildman–Crippen LogP) is 3.01. The Morgan fingerprint density at radius 3 is 2.62 bits per heavy atom.